The van der Waals surface area contributed by atoms with E-state index in [1.54, 1.807) is 0 Å². The highest BCUT2D eigenvalue weighted by molar-refractivity contribution is 6.30. The summed E-state index contributed by atoms with van der Waals surface area (Å²) in [5, 5.41) is 3.60. The molecule has 2 atom stereocenters. The molecule has 6 heteroatoms. The Morgan fingerprint density at radius 2 is 1.70 bits per heavy atom. The van der Waals surface area contributed by atoms with Crippen molar-refractivity contribution in [2.24, 2.45) is 5.92 Å². The standard InChI is InChI=1S/C24H28ClFN2O2/c1-3-16(2)22(27-23(29)19-6-10-21(26)11-7-19)24(30)28-14-12-18(13-15-28)17-4-8-20(25)9-5-17/h4-11,16,18,22H,3,12-15H2,1-2H3,(H,27,29)/t16-,22-/m1/s1. The van der Waals surface area contributed by atoms with E-state index < -0.39 is 11.9 Å². The number of amides is 2. The lowest BCUT2D eigenvalue weighted by Crippen LogP contribution is -2.53. The minimum Gasteiger partial charge on any atom is -0.341 e. The van der Waals surface area contributed by atoms with Gasteiger partial charge in [0.25, 0.3) is 5.91 Å². The van der Waals surface area contributed by atoms with Gasteiger partial charge >= 0.3 is 0 Å². The van der Waals surface area contributed by atoms with Crippen LogP contribution in [0.1, 0.15) is 54.9 Å². The van der Waals surface area contributed by atoms with Crippen LogP contribution in [0.15, 0.2) is 48.5 Å². The molecule has 2 aromatic rings. The van der Waals surface area contributed by atoms with Gasteiger partial charge in [0.1, 0.15) is 11.9 Å². The number of benzene rings is 2. The topological polar surface area (TPSA) is 49.4 Å². The van der Waals surface area contributed by atoms with E-state index in [-0.39, 0.29) is 17.7 Å². The molecular weight excluding hydrogens is 403 g/mol. The first-order valence-electron chi connectivity index (χ1n) is 10.5. The Balaban J connectivity index is 1.64. The first-order chi connectivity index (χ1) is 14.4. The highest BCUT2D eigenvalue weighted by Crippen LogP contribution is 2.29. The summed E-state index contributed by atoms with van der Waals surface area (Å²) >= 11 is 5.98. The third-order valence-electron chi connectivity index (χ3n) is 6.02. The number of rotatable bonds is 6. The summed E-state index contributed by atoms with van der Waals surface area (Å²) in [6.45, 7) is 5.28. The van der Waals surface area contributed by atoms with Crippen molar-refractivity contribution in [3.63, 3.8) is 0 Å². The van der Waals surface area contributed by atoms with Crippen LogP contribution in [0.2, 0.25) is 5.02 Å². The Morgan fingerprint density at radius 3 is 2.27 bits per heavy atom. The number of nitrogens with one attached hydrogen (secondary N) is 1. The van der Waals surface area contributed by atoms with E-state index in [4.69, 9.17) is 11.6 Å². The van der Waals surface area contributed by atoms with Crippen molar-refractivity contribution in [2.45, 2.75) is 45.1 Å². The summed E-state index contributed by atoms with van der Waals surface area (Å²) in [7, 11) is 0. The van der Waals surface area contributed by atoms with Crippen LogP contribution in [-0.4, -0.2) is 35.8 Å². The zero-order valence-electron chi connectivity index (χ0n) is 17.4. The zero-order chi connectivity index (χ0) is 21.7. The molecule has 1 aliphatic rings. The van der Waals surface area contributed by atoms with Crippen LogP contribution in [0.4, 0.5) is 4.39 Å². The molecule has 0 unspecified atom stereocenters. The van der Waals surface area contributed by atoms with Gasteiger partial charge in [-0.3, -0.25) is 9.59 Å². The Labute approximate surface area is 182 Å². The van der Waals surface area contributed by atoms with Gasteiger partial charge in [-0.05, 0) is 66.6 Å². The second-order valence-electron chi connectivity index (χ2n) is 7.99. The van der Waals surface area contributed by atoms with E-state index >= 15 is 0 Å². The van der Waals surface area contributed by atoms with Crippen molar-refractivity contribution in [2.75, 3.05) is 13.1 Å². The van der Waals surface area contributed by atoms with Gasteiger partial charge in [0, 0.05) is 23.7 Å². The molecule has 3 rings (SSSR count). The molecule has 30 heavy (non-hydrogen) atoms. The van der Waals surface area contributed by atoms with E-state index in [1.807, 2.05) is 30.9 Å². The molecule has 0 bridgehead atoms. The van der Waals surface area contributed by atoms with E-state index in [1.165, 1.54) is 29.8 Å². The molecule has 1 heterocycles. The molecule has 0 aliphatic carbocycles. The van der Waals surface area contributed by atoms with Crippen LogP contribution in [0, 0.1) is 11.7 Å². The van der Waals surface area contributed by atoms with E-state index in [9.17, 15) is 14.0 Å². The number of carbonyl (C=O) groups excluding carboxylic acids is 2. The fourth-order valence-corrected chi connectivity index (χ4v) is 4.00. The highest BCUT2D eigenvalue weighted by atomic mass is 35.5. The number of carbonyl (C=O) groups is 2. The van der Waals surface area contributed by atoms with Crippen molar-refractivity contribution in [1.82, 2.24) is 10.2 Å². The van der Waals surface area contributed by atoms with Crippen molar-refractivity contribution >= 4 is 23.4 Å². The van der Waals surface area contributed by atoms with Gasteiger partial charge in [-0.1, -0.05) is 44.0 Å². The predicted molar refractivity (Wildman–Crippen MR) is 117 cm³/mol. The molecule has 1 aliphatic heterocycles. The molecule has 0 spiro atoms. The number of halogens is 2. The quantitative estimate of drug-likeness (QED) is 0.698. The van der Waals surface area contributed by atoms with Crippen LogP contribution in [0.25, 0.3) is 0 Å². The van der Waals surface area contributed by atoms with Crippen molar-refractivity contribution < 1.29 is 14.0 Å². The second kappa shape index (κ2) is 10.1. The summed E-state index contributed by atoms with van der Waals surface area (Å²) in [4.78, 5) is 27.7. The second-order valence-corrected chi connectivity index (χ2v) is 8.43. The van der Waals surface area contributed by atoms with Gasteiger partial charge in [0.05, 0.1) is 0 Å². The maximum absolute atomic E-state index is 13.2. The lowest BCUT2D eigenvalue weighted by molar-refractivity contribution is -0.135. The van der Waals surface area contributed by atoms with Gasteiger partial charge in [-0.25, -0.2) is 4.39 Å². The zero-order valence-corrected chi connectivity index (χ0v) is 18.2. The summed E-state index contributed by atoms with van der Waals surface area (Å²) in [5.41, 5.74) is 1.59. The SMILES string of the molecule is CC[C@@H](C)[C@@H](NC(=O)c1ccc(F)cc1)C(=O)N1CCC(c2ccc(Cl)cc2)CC1. The van der Waals surface area contributed by atoms with Gasteiger partial charge in [-0.2, -0.15) is 0 Å². The Morgan fingerprint density at radius 1 is 1.10 bits per heavy atom. The normalized spacial score (nSPS) is 16.7. The Kier molecular flexibility index (Phi) is 7.48. The Bertz CT molecular complexity index is 862. The van der Waals surface area contributed by atoms with Crippen LogP contribution >= 0.6 is 11.6 Å². The van der Waals surface area contributed by atoms with Gasteiger partial charge in [0.2, 0.25) is 5.91 Å². The first-order valence-corrected chi connectivity index (χ1v) is 10.9. The van der Waals surface area contributed by atoms with Gasteiger partial charge in [0.15, 0.2) is 0 Å². The number of likely N-dealkylation sites (tertiary alicyclic amines) is 1. The van der Waals surface area contributed by atoms with Crippen LogP contribution in [0.3, 0.4) is 0 Å². The predicted octanol–water partition coefficient (Wildman–Crippen LogP) is 5.03. The van der Waals surface area contributed by atoms with Gasteiger partial charge in [-0.15, -0.1) is 0 Å². The number of nitrogens with zero attached hydrogens (tertiary/aromatic N) is 1. The summed E-state index contributed by atoms with van der Waals surface area (Å²) in [6.07, 6.45) is 2.53. The average molecular weight is 431 g/mol. The largest absolute Gasteiger partial charge is 0.341 e. The minimum atomic E-state index is -0.598. The third kappa shape index (κ3) is 5.39. The van der Waals surface area contributed by atoms with Crippen LogP contribution in [-0.2, 0) is 4.79 Å². The molecule has 0 saturated carbocycles. The number of hydrogen-bond acceptors (Lipinski definition) is 2. The lowest BCUT2D eigenvalue weighted by Gasteiger charge is -2.36. The van der Waals surface area contributed by atoms with Crippen molar-refractivity contribution in [3.8, 4) is 0 Å². The third-order valence-corrected chi connectivity index (χ3v) is 6.27. The highest BCUT2D eigenvalue weighted by Gasteiger charge is 2.32. The monoisotopic (exact) mass is 430 g/mol. The first kappa shape index (κ1) is 22.3. The molecule has 4 nitrogen and oxygen atoms in total. The smallest absolute Gasteiger partial charge is 0.251 e. The molecule has 1 N–H and O–H groups in total. The summed E-state index contributed by atoms with van der Waals surface area (Å²) in [6, 6.07) is 12.7. The minimum absolute atomic E-state index is 0.00381. The molecule has 2 amide bonds. The molecular formula is C24H28ClFN2O2. The molecule has 1 fully saturated rings. The number of hydrogen-bond donors (Lipinski definition) is 1. The molecule has 0 radical (unpaired) electrons. The fraction of sp³-hybridized carbons (Fsp3) is 0.417. The molecule has 1 saturated heterocycles. The average Bonchev–Trinajstić information content (AvgIpc) is 2.77. The Hall–Kier alpha value is -2.40. The van der Waals surface area contributed by atoms with Crippen molar-refractivity contribution in [3.05, 3.63) is 70.5 Å². The maximum atomic E-state index is 13.2. The molecule has 160 valence electrons. The summed E-state index contributed by atoms with van der Waals surface area (Å²) in [5.74, 6) is -0.401. The fourth-order valence-electron chi connectivity index (χ4n) is 3.87. The molecule has 2 aromatic carbocycles. The van der Waals surface area contributed by atoms with Crippen LogP contribution in [0.5, 0.6) is 0 Å². The van der Waals surface area contributed by atoms with E-state index in [0.717, 1.165) is 24.3 Å². The maximum Gasteiger partial charge on any atom is 0.251 e. The van der Waals surface area contributed by atoms with Crippen LogP contribution < -0.4 is 5.32 Å². The van der Waals surface area contributed by atoms with E-state index in [2.05, 4.69) is 17.4 Å². The van der Waals surface area contributed by atoms with Gasteiger partial charge < -0.3 is 10.2 Å². The number of piperidine rings is 1. The van der Waals surface area contributed by atoms with Crippen molar-refractivity contribution in [1.29, 1.82) is 0 Å². The summed E-state index contributed by atoms with van der Waals surface area (Å²) < 4.78 is 13.1. The lowest BCUT2D eigenvalue weighted by atomic mass is 9.88. The molecule has 0 aromatic heterocycles. The van der Waals surface area contributed by atoms with E-state index in [0.29, 0.717) is 24.6 Å².